The van der Waals surface area contributed by atoms with E-state index < -0.39 is 4.92 Å². The van der Waals surface area contributed by atoms with Crippen molar-refractivity contribution < 1.29 is 9.72 Å². The summed E-state index contributed by atoms with van der Waals surface area (Å²) >= 11 is 0. The summed E-state index contributed by atoms with van der Waals surface area (Å²) in [7, 11) is 0. The van der Waals surface area contributed by atoms with Gasteiger partial charge in [0.05, 0.1) is 4.92 Å². The standard InChI is InChI=1S/C14H13N3O3/c1-10-4-5-12(7-13(10)17(19)20)14(18)16-9-11-3-2-6-15-8-11/h2-8H,9H2,1H3,(H,16,18). The van der Waals surface area contributed by atoms with Gasteiger partial charge in [-0.3, -0.25) is 19.9 Å². The topological polar surface area (TPSA) is 85.1 Å². The van der Waals surface area contributed by atoms with E-state index in [1.54, 1.807) is 37.5 Å². The van der Waals surface area contributed by atoms with Gasteiger partial charge in [0.1, 0.15) is 0 Å². The Kier molecular flexibility index (Phi) is 4.05. The van der Waals surface area contributed by atoms with E-state index in [1.165, 1.54) is 6.07 Å². The number of benzene rings is 1. The van der Waals surface area contributed by atoms with Crippen molar-refractivity contribution in [1.29, 1.82) is 0 Å². The van der Waals surface area contributed by atoms with Crippen molar-refractivity contribution in [2.24, 2.45) is 0 Å². The number of aryl methyl sites for hydroxylation is 1. The predicted molar refractivity (Wildman–Crippen MR) is 73.2 cm³/mol. The van der Waals surface area contributed by atoms with E-state index in [-0.39, 0.29) is 17.2 Å². The van der Waals surface area contributed by atoms with Gasteiger partial charge in [-0.15, -0.1) is 0 Å². The minimum absolute atomic E-state index is 0.0565. The van der Waals surface area contributed by atoms with Gasteiger partial charge >= 0.3 is 0 Å². The third-order valence-corrected chi connectivity index (χ3v) is 2.84. The van der Waals surface area contributed by atoms with E-state index in [1.807, 2.05) is 6.07 Å². The summed E-state index contributed by atoms with van der Waals surface area (Å²) in [5.41, 5.74) is 1.60. The summed E-state index contributed by atoms with van der Waals surface area (Å²) < 4.78 is 0. The quantitative estimate of drug-likeness (QED) is 0.682. The van der Waals surface area contributed by atoms with Crippen LogP contribution < -0.4 is 5.32 Å². The molecule has 0 aliphatic rings. The average molecular weight is 271 g/mol. The highest BCUT2D eigenvalue weighted by atomic mass is 16.6. The van der Waals surface area contributed by atoms with E-state index in [0.717, 1.165) is 5.56 Å². The number of rotatable bonds is 4. The molecular weight excluding hydrogens is 258 g/mol. The largest absolute Gasteiger partial charge is 0.348 e. The summed E-state index contributed by atoms with van der Waals surface area (Å²) in [5.74, 6) is -0.350. The summed E-state index contributed by atoms with van der Waals surface area (Å²) in [5, 5.41) is 13.5. The van der Waals surface area contributed by atoms with Crippen molar-refractivity contribution in [2.45, 2.75) is 13.5 Å². The van der Waals surface area contributed by atoms with Gasteiger partial charge in [-0.2, -0.15) is 0 Å². The van der Waals surface area contributed by atoms with Crippen LogP contribution in [0.15, 0.2) is 42.7 Å². The number of hydrogen-bond donors (Lipinski definition) is 1. The number of hydrogen-bond acceptors (Lipinski definition) is 4. The Balaban J connectivity index is 2.10. The lowest BCUT2D eigenvalue weighted by Crippen LogP contribution is -2.22. The lowest BCUT2D eigenvalue weighted by atomic mass is 10.1. The van der Waals surface area contributed by atoms with Crippen LogP contribution in [0.25, 0.3) is 0 Å². The fourth-order valence-corrected chi connectivity index (χ4v) is 1.73. The molecule has 1 aromatic heterocycles. The van der Waals surface area contributed by atoms with Crippen molar-refractivity contribution >= 4 is 11.6 Å². The van der Waals surface area contributed by atoms with Crippen molar-refractivity contribution in [3.8, 4) is 0 Å². The smallest absolute Gasteiger partial charge is 0.273 e. The molecule has 2 rings (SSSR count). The van der Waals surface area contributed by atoms with Gasteiger partial charge in [0.2, 0.25) is 0 Å². The molecule has 0 fully saturated rings. The molecule has 0 radical (unpaired) electrons. The van der Waals surface area contributed by atoms with Crippen molar-refractivity contribution in [2.75, 3.05) is 0 Å². The maximum atomic E-state index is 11.9. The summed E-state index contributed by atoms with van der Waals surface area (Å²) in [6, 6.07) is 8.04. The molecule has 6 heteroatoms. The Hall–Kier alpha value is -2.76. The van der Waals surface area contributed by atoms with E-state index in [0.29, 0.717) is 12.1 Å². The van der Waals surface area contributed by atoms with Gasteiger partial charge in [-0.05, 0) is 24.6 Å². The number of nitro groups is 1. The molecule has 0 saturated heterocycles. The molecule has 0 unspecified atom stereocenters. The van der Waals surface area contributed by atoms with Crippen molar-refractivity contribution in [1.82, 2.24) is 10.3 Å². The zero-order valence-corrected chi connectivity index (χ0v) is 10.9. The first kappa shape index (κ1) is 13.7. The Morgan fingerprint density at radius 1 is 1.40 bits per heavy atom. The van der Waals surface area contributed by atoms with Gasteiger partial charge in [0.15, 0.2) is 0 Å². The highest BCUT2D eigenvalue weighted by Crippen LogP contribution is 2.19. The van der Waals surface area contributed by atoms with Crippen LogP contribution in [0.5, 0.6) is 0 Å². The second-order valence-electron chi connectivity index (χ2n) is 4.30. The first-order valence-electron chi connectivity index (χ1n) is 6.00. The lowest BCUT2D eigenvalue weighted by molar-refractivity contribution is -0.385. The average Bonchev–Trinajstić information content (AvgIpc) is 2.46. The van der Waals surface area contributed by atoms with Gasteiger partial charge in [0.25, 0.3) is 11.6 Å². The van der Waals surface area contributed by atoms with Gasteiger partial charge < -0.3 is 5.32 Å². The molecule has 1 heterocycles. The molecular formula is C14H13N3O3. The minimum Gasteiger partial charge on any atom is -0.348 e. The Bertz CT molecular complexity index is 641. The van der Waals surface area contributed by atoms with Gasteiger partial charge in [-0.1, -0.05) is 12.1 Å². The maximum Gasteiger partial charge on any atom is 0.273 e. The number of nitro benzene ring substituents is 1. The van der Waals surface area contributed by atoms with Crippen molar-refractivity contribution in [3.63, 3.8) is 0 Å². The van der Waals surface area contributed by atoms with E-state index in [2.05, 4.69) is 10.3 Å². The van der Waals surface area contributed by atoms with Crippen LogP contribution in [0.2, 0.25) is 0 Å². The molecule has 0 saturated carbocycles. The fourth-order valence-electron chi connectivity index (χ4n) is 1.73. The predicted octanol–water partition coefficient (Wildman–Crippen LogP) is 2.23. The zero-order chi connectivity index (χ0) is 14.5. The molecule has 2 aromatic rings. The summed E-state index contributed by atoms with van der Waals surface area (Å²) in [6.45, 7) is 1.96. The first-order chi connectivity index (χ1) is 9.58. The lowest BCUT2D eigenvalue weighted by Gasteiger charge is -2.05. The SMILES string of the molecule is Cc1ccc(C(=O)NCc2cccnc2)cc1[N+](=O)[O-]. The molecule has 20 heavy (non-hydrogen) atoms. The molecule has 6 nitrogen and oxygen atoms in total. The fraction of sp³-hybridized carbons (Fsp3) is 0.143. The molecule has 0 atom stereocenters. The third-order valence-electron chi connectivity index (χ3n) is 2.84. The van der Waals surface area contributed by atoms with Crippen LogP contribution in [0.1, 0.15) is 21.5 Å². The monoisotopic (exact) mass is 271 g/mol. The molecule has 1 N–H and O–H groups in total. The summed E-state index contributed by atoms with van der Waals surface area (Å²) in [6.07, 6.45) is 3.30. The normalized spacial score (nSPS) is 10.1. The van der Waals surface area contributed by atoms with Crippen LogP contribution >= 0.6 is 0 Å². The number of nitrogens with one attached hydrogen (secondary N) is 1. The Morgan fingerprint density at radius 3 is 2.85 bits per heavy atom. The highest BCUT2D eigenvalue weighted by molar-refractivity contribution is 5.94. The van der Waals surface area contributed by atoms with Crippen LogP contribution in [0.4, 0.5) is 5.69 Å². The van der Waals surface area contributed by atoms with Crippen LogP contribution in [-0.2, 0) is 6.54 Å². The number of carbonyl (C=O) groups excluding carboxylic acids is 1. The molecule has 102 valence electrons. The zero-order valence-electron chi connectivity index (χ0n) is 10.9. The second kappa shape index (κ2) is 5.92. The molecule has 0 spiro atoms. The van der Waals surface area contributed by atoms with Gasteiger partial charge in [0, 0.05) is 36.1 Å². The van der Waals surface area contributed by atoms with Crippen molar-refractivity contribution in [3.05, 3.63) is 69.5 Å². The van der Waals surface area contributed by atoms with E-state index in [9.17, 15) is 14.9 Å². The van der Waals surface area contributed by atoms with E-state index in [4.69, 9.17) is 0 Å². The van der Waals surface area contributed by atoms with Gasteiger partial charge in [-0.25, -0.2) is 0 Å². The number of carbonyl (C=O) groups is 1. The summed E-state index contributed by atoms with van der Waals surface area (Å²) in [4.78, 5) is 26.2. The van der Waals surface area contributed by atoms with Crippen LogP contribution in [0.3, 0.4) is 0 Å². The molecule has 0 aliphatic heterocycles. The number of aromatic nitrogens is 1. The molecule has 0 aliphatic carbocycles. The molecule has 1 amide bonds. The third kappa shape index (κ3) is 3.17. The van der Waals surface area contributed by atoms with E-state index >= 15 is 0 Å². The Labute approximate surface area is 115 Å². The number of nitrogens with zero attached hydrogens (tertiary/aromatic N) is 2. The first-order valence-corrected chi connectivity index (χ1v) is 6.00. The number of pyridine rings is 1. The molecule has 0 bridgehead atoms. The second-order valence-corrected chi connectivity index (χ2v) is 4.30. The minimum atomic E-state index is -0.493. The van der Waals surface area contributed by atoms with Crippen LogP contribution in [0, 0.1) is 17.0 Å². The molecule has 1 aromatic carbocycles. The number of amides is 1. The van der Waals surface area contributed by atoms with Crippen LogP contribution in [-0.4, -0.2) is 15.8 Å². The Morgan fingerprint density at radius 2 is 2.20 bits per heavy atom. The maximum absolute atomic E-state index is 11.9. The highest BCUT2D eigenvalue weighted by Gasteiger charge is 2.14.